The molecule has 3 aromatic rings. The van der Waals surface area contributed by atoms with Gasteiger partial charge in [0.1, 0.15) is 5.82 Å². The summed E-state index contributed by atoms with van der Waals surface area (Å²) in [6.07, 6.45) is 2.31. The van der Waals surface area contributed by atoms with Crippen LogP contribution in [0.15, 0.2) is 41.9 Å². The maximum absolute atomic E-state index is 13.3. The van der Waals surface area contributed by atoms with E-state index in [9.17, 15) is 9.18 Å². The number of H-pyrrole nitrogens is 1. The molecule has 0 radical (unpaired) electrons. The average molecular weight is 330 g/mol. The molecule has 120 valence electrons. The molecule has 2 heterocycles. The van der Waals surface area contributed by atoms with E-state index in [2.05, 4.69) is 24.1 Å². The van der Waals surface area contributed by atoms with Crippen molar-refractivity contribution in [2.45, 2.75) is 25.7 Å². The zero-order valence-corrected chi connectivity index (χ0v) is 14.0. The number of carbonyl (C=O) groups is 1. The molecule has 0 spiro atoms. The van der Waals surface area contributed by atoms with Crippen LogP contribution in [-0.2, 0) is 16.6 Å². The fourth-order valence-electron chi connectivity index (χ4n) is 2.71. The van der Waals surface area contributed by atoms with Gasteiger partial charge in [0.15, 0.2) is 0 Å². The molecule has 0 atom stereocenters. The maximum Gasteiger partial charge on any atom is 0.225 e. The average Bonchev–Trinajstić information content (AvgIpc) is 3.14. The lowest BCUT2D eigenvalue weighted by Crippen LogP contribution is -2.37. The van der Waals surface area contributed by atoms with Gasteiger partial charge in [-0.25, -0.2) is 4.39 Å². The predicted molar refractivity (Wildman–Crippen MR) is 92.3 cm³/mol. The summed E-state index contributed by atoms with van der Waals surface area (Å²) >= 11 is 1.58. The Balaban J connectivity index is 1.71. The Morgan fingerprint density at radius 3 is 2.91 bits per heavy atom. The van der Waals surface area contributed by atoms with Crippen LogP contribution in [-0.4, -0.2) is 17.4 Å². The standard InChI is InChI=1S/C18H19FN2OS/c1-18(2,11-21-17(22)9-13-4-3-7-23-13)15-10-20-16-8-12(19)5-6-14(15)16/h3-8,10,20H,9,11H2,1-2H3,(H,21,22). The summed E-state index contributed by atoms with van der Waals surface area (Å²) in [5, 5.41) is 5.96. The third-order valence-corrected chi connectivity index (χ3v) is 4.89. The van der Waals surface area contributed by atoms with Crippen molar-refractivity contribution < 1.29 is 9.18 Å². The lowest BCUT2D eigenvalue weighted by molar-refractivity contribution is -0.120. The Bertz CT molecular complexity index is 821. The number of nitrogens with one attached hydrogen (secondary N) is 2. The van der Waals surface area contributed by atoms with Crippen LogP contribution in [0.25, 0.3) is 10.9 Å². The highest BCUT2D eigenvalue weighted by molar-refractivity contribution is 7.10. The van der Waals surface area contributed by atoms with Gasteiger partial charge in [0, 0.05) is 33.9 Å². The molecule has 0 aliphatic carbocycles. The molecule has 1 amide bonds. The molecule has 0 unspecified atom stereocenters. The van der Waals surface area contributed by atoms with Crippen LogP contribution in [0.4, 0.5) is 4.39 Å². The van der Waals surface area contributed by atoms with E-state index in [-0.39, 0.29) is 17.1 Å². The van der Waals surface area contributed by atoms with Gasteiger partial charge < -0.3 is 10.3 Å². The predicted octanol–water partition coefficient (Wildman–Crippen LogP) is 4.01. The minimum Gasteiger partial charge on any atom is -0.361 e. The molecule has 0 aliphatic heterocycles. The van der Waals surface area contributed by atoms with Gasteiger partial charge in [0.2, 0.25) is 5.91 Å². The summed E-state index contributed by atoms with van der Waals surface area (Å²) < 4.78 is 13.3. The Labute approximate surface area is 138 Å². The Morgan fingerprint density at radius 2 is 2.17 bits per heavy atom. The van der Waals surface area contributed by atoms with Crippen LogP contribution in [0, 0.1) is 5.82 Å². The van der Waals surface area contributed by atoms with Crippen LogP contribution >= 0.6 is 11.3 Å². The number of thiophene rings is 1. The van der Waals surface area contributed by atoms with Crippen molar-refractivity contribution in [2.24, 2.45) is 0 Å². The number of aromatic amines is 1. The lowest BCUT2D eigenvalue weighted by atomic mass is 9.84. The van der Waals surface area contributed by atoms with Gasteiger partial charge in [-0.2, -0.15) is 0 Å². The topological polar surface area (TPSA) is 44.9 Å². The monoisotopic (exact) mass is 330 g/mol. The number of rotatable bonds is 5. The SMILES string of the molecule is CC(C)(CNC(=O)Cc1cccs1)c1c[nH]c2cc(F)ccc12. The largest absolute Gasteiger partial charge is 0.361 e. The minimum atomic E-state index is -0.257. The van der Waals surface area contributed by atoms with Crippen molar-refractivity contribution in [3.05, 3.63) is 58.2 Å². The normalized spacial score (nSPS) is 11.8. The molecule has 2 aromatic heterocycles. The molecule has 1 aromatic carbocycles. The summed E-state index contributed by atoms with van der Waals surface area (Å²) in [6.45, 7) is 4.68. The van der Waals surface area contributed by atoms with Gasteiger partial charge in [-0.15, -0.1) is 11.3 Å². The maximum atomic E-state index is 13.3. The highest BCUT2D eigenvalue weighted by atomic mass is 32.1. The van der Waals surface area contributed by atoms with Crippen LogP contribution < -0.4 is 5.32 Å². The number of benzene rings is 1. The summed E-state index contributed by atoms with van der Waals surface area (Å²) in [5.41, 5.74) is 1.60. The van der Waals surface area contributed by atoms with Crippen LogP contribution in [0.1, 0.15) is 24.3 Å². The first kappa shape index (κ1) is 15.7. The van der Waals surface area contributed by atoms with E-state index < -0.39 is 0 Å². The number of hydrogen-bond acceptors (Lipinski definition) is 2. The number of aromatic nitrogens is 1. The van der Waals surface area contributed by atoms with E-state index in [1.54, 1.807) is 17.4 Å². The van der Waals surface area contributed by atoms with E-state index >= 15 is 0 Å². The van der Waals surface area contributed by atoms with Gasteiger partial charge in [0.25, 0.3) is 0 Å². The number of amides is 1. The number of halogens is 1. The molecule has 3 rings (SSSR count). The second-order valence-electron chi connectivity index (χ2n) is 6.31. The first-order valence-electron chi connectivity index (χ1n) is 7.52. The third-order valence-electron chi connectivity index (χ3n) is 4.02. The van der Waals surface area contributed by atoms with Crippen molar-refractivity contribution >= 4 is 28.1 Å². The second kappa shape index (κ2) is 6.16. The molecule has 0 fully saturated rings. The number of fused-ring (bicyclic) bond motifs is 1. The lowest BCUT2D eigenvalue weighted by Gasteiger charge is -2.25. The molecule has 5 heteroatoms. The fourth-order valence-corrected chi connectivity index (χ4v) is 3.41. The fraction of sp³-hybridized carbons (Fsp3) is 0.278. The summed E-state index contributed by atoms with van der Waals surface area (Å²) in [4.78, 5) is 16.2. The van der Waals surface area contributed by atoms with Crippen LogP contribution in [0.2, 0.25) is 0 Å². The van der Waals surface area contributed by atoms with E-state index in [1.165, 1.54) is 12.1 Å². The highest BCUT2D eigenvalue weighted by Crippen LogP contribution is 2.30. The van der Waals surface area contributed by atoms with Gasteiger partial charge in [0.05, 0.1) is 6.42 Å². The zero-order valence-electron chi connectivity index (χ0n) is 13.2. The molecule has 0 aliphatic rings. The Morgan fingerprint density at radius 1 is 1.35 bits per heavy atom. The smallest absolute Gasteiger partial charge is 0.225 e. The van der Waals surface area contributed by atoms with Crippen molar-refractivity contribution in [1.82, 2.24) is 10.3 Å². The number of hydrogen-bond donors (Lipinski definition) is 2. The third kappa shape index (κ3) is 3.45. The quantitative estimate of drug-likeness (QED) is 0.729. The summed E-state index contributed by atoms with van der Waals surface area (Å²) in [5.74, 6) is -0.237. The second-order valence-corrected chi connectivity index (χ2v) is 7.34. The van der Waals surface area contributed by atoms with Gasteiger partial charge >= 0.3 is 0 Å². The molecule has 0 saturated carbocycles. The van der Waals surface area contributed by atoms with Crippen LogP contribution in [0.3, 0.4) is 0 Å². The van der Waals surface area contributed by atoms with Gasteiger partial charge in [-0.05, 0) is 35.2 Å². The summed E-state index contributed by atoms with van der Waals surface area (Å²) in [7, 11) is 0. The van der Waals surface area contributed by atoms with Crippen LogP contribution in [0.5, 0.6) is 0 Å². The van der Waals surface area contributed by atoms with Crippen molar-refractivity contribution in [2.75, 3.05) is 6.54 Å². The van der Waals surface area contributed by atoms with E-state index in [0.717, 1.165) is 21.3 Å². The van der Waals surface area contributed by atoms with E-state index in [1.807, 2.05) is 23.7 Å². The van der Waals surface area contributed by atoms with Gasteiger partial charge in [-0.1, -0.05) is 19.9 Å². The molecule has 23 heavy (non-hydrogen) atoms. The molecule has 3 nitrogen and oxygen atoms in total. The van der Waals surface area contributed by atoms with E-state index in [4.69, 9.17) is 0 Å². The Hall–Kier alpha value is -2.14. The molecule has 2 N–H and O–H groups in total. The van der Waals surface area contributed by atoms with E-state index in [0.29, 0.717) is 13.0 Å². The van der Waals surface area contributed by atoms with Gasteiger partial charge in [-0.3, -0.25) is 4.79 Å². The van der Waals surface area contributed by atoms with Crippen molar-refractivity contribution in [1.29, 1.82) is 0 Å². The number of carbonyl (C=O) groups excluding carboxylic acids is 1. The van der Waals surface area contributed by atoms with Crippen molar-refractivity contribution in [3.63, 3.8) is 0 Å². The molecule has 0 saturated heterocycles. The Kier molecular flexibility index (Phi) is 4.22. The summed E-state index contributed by atoms with van der Waals surface area (Å²) in [6, 6.07) is 8.65. The zero-order chi connectivity index (χ0) is 16.4. The molecule has 0 bridgehead atoms. The first-order valence-corrected chi connectivity index (χ1v) is 8.40. The first-order chi connectivity index (χ1) is 11.0. The van der Waals surface area contributed by atoms with Crippen molar-refractivity contribution in [3.8, 4) is 0 Å². The molecular weight excluding hydrogens is 311 g/mol. The molecular formula is C18H19FN2OS. The minimum absolute atomic E-state index is 0.0198. The highest BCUT2D eigenvalue weighted by Gasteiger charge is 2.24.